The van der Waals surface area contributed by atoms with Gasteiger partial charge in [-0.3, -0.25) is 4.79 Å². The maximum Gasteiger partial charge on any atom is 0.237 e. The number of nitrogens with one attached hydrogen (secondary N) is 2. The summed E-state index contributed by atoms with van der Waals surface area (Å²) in [6, 6.07) is 8.29. The Bertz CT molecular complexity index is 456. The molecular formula is C17H26N2O2. The number of methoxy groups -OCH3 is 1. The van der Waals surface area contributed by atoms with Crippen LogP contribution in [0.3, 0.4) is 0 Å². The fourth-order valence-electron chi connectivity index (χ4n) is 2.75. The maximum absolute atomic E-state index is 12.0. The first-order chi connectivity index (χ1) is 10.2. The van der Waals surface area contributed by atoms with E-state index < -0.39 is 0 Å². The second-order valence-corrected chi connectivity index (χ2v) is 5.77. The lowest BCUT2D eigenvalue weighted by Gasteiger charge is -2.17. The molecule has 0 heterocycles. The molecule has 1 unspecified atom stereocenters. The van der Waals surface area contributed by atoms with Gasteiger partial charge in [0.15, 0.2) is 0 Å². The summed E-state index contributed by atoms with van der Waals surface area (Å²) in [5, 5.41) is 6.41. The summed E-state index contributed by atoms with van der Waals surface area (Å²) in [6.07, 6.45) is 5.62. The lowest BCUT2D eigenvalue weighted by atomic mass is 10.1. The lowest BCUT2D eigenvalue weighted by molar-refractivity contribution is -0.123. The van der Waals surface area contributed by atoms with Gasteiger partial charge in [0.1, 0.15) is 5.75 Å². The summed E-state index contributed by atoms with van der Waals surface area (Å²) in [5.74, 6) is 0.993. The van der Waals surface area contributed by atoms with Gasteiger partial charge < -0.3 is 15.4 Å². The van der Waals surface area contributed by atoms with Gasteiger partial charge in [-0.2, -0.15) is 0 Å². The number of carbonyl (C=O) groups is 1. The fraction of sp³-hybridized carbons (Fsp3) is 0.588. The van der Waals surface area contributed by atoms with Crippen LogP contribution in [0.4, 0.5) is 0 Å². The predicted molar refractivity (Wildman–Crippen MR) is 84.6 cm³/mol. The van der Waals surface area contributed by atoms with Crippen molar-refractivity contribution in [1.82, 2.24) is 10.6 Å². The van der Waals surface area contributed by atoms with Gasteiger partial charge in [-0.25, -0.2) is 0 Å². The largest absolute Gasteiger partial charge is 0.497 e. The standard InChI is InChI=1S/C17H26N2O2/c1-13(17(20)19-15-7-3-4-8-15)18-11-10-14-6-5-9-16(12-14)21-2/h5-6,9,12-13,15,18H,3-4,7-8,10-11H2,1-2H3,(H,19,20). The minimum absolute atomic E-state index is 0.118. The fourth-order valence-corrected chi connectivity index (χ4v) is 2.75. The summed E-state index contributed by atoms with van der Waals surface area (Å²) < 4.78 is 5.21. The average molecular weight is 290 g/mol. The van der Waals surface area contributed by atoms with Gasteiger partial charge >= 0.3 is 0 Å². The van der Waals surface area contributed by atoms with Gasteiger partial charge in [-0.05, 0) is 50.4 Å². The molecule has 1 saturated carbocycles. The van der Waals surface area contributed by atoms with Crippen LogP contribution in [0.1, 0.15) is 38.2 Å². The summed E-state index contributed by atoms with van der Waals surface area (Å²) in [6.45, 7) is 2.71. The summed E-state index contributed by atoms with van der Waals surface area (Å²) in [5.41, 5.74) is 1.21. The van der Waals surface area contributed by atoms with Crippen LogP contribution in [0.15, 0.2) is 24.3 Å². The normalized spacial score (nSPS) is 16.7. The molecule has 4 heteroatoms. The van der Waals surface area contributed by atoms with Crippen LogP contribution >= 0.6 is 0 Å². The monoisotopic (exact) mass is 290 g/mol. The quantitative estimate of drug-likeness (QED) is 0.810. The van der Waals surface area contributed by atoms with Crippen LogP contribution in [0.2, 0.25) is 0 Å². The number of hydrogen-bond donors (Lipinski definition) is 2. The van der Waals surface area contributed by atoms with Crippen molar-refractivity contribution in [1.29, 1.82) is 0 Å². The molecule has 1 amide bonds. The van der Waals surface area contributed by atoms with Crippen molar-refractivity contribution in [3.05, 3.63) is 29.8 Å². The number of benzene rings is 1. The first-order valence-electron chi connectivity index (χ1n) is 7.85. The molecule has 21 heavy (non-hydrogen) atoms. The second-order valence-electron chi connectivity index (χ2n) is 5.77. The van der Waals surface area contributed by atoms with Gasteiger partial charge in [0.25, 0.3) is 0 Å². The van der Waals surface area contributed by atoms with Crippen molar-refractivity contribution in [3.63, 3.8) is 0 Å². The third-order valence-electron chi connectivity index (χ3n) is 4.09. The first-order valence-corrected chi connectivity index (χ1v) is 7.85. The molecule has 4 nitrogen and oxygen atoms in total. The van der Waals surface area contributed by atoms with E-state index in [4.69, 9.17) is 4.74 Å². The van der Waals surface area contributed by atoms with E-state index in [2.05, 4.69) is 16.7 Å². The Balaban J connectivity index is 1.70. The minimum Gasteiger partial charge on any atom is -0.497 e. The van der Waals surface area contributed by atoms with Crippen LogP contribution in [0.25, 0.3) is 0 Å². The Morgan fingerprint density at radius 1 is 1.38 bits per heavy atom. The molecule has 2 rings (SSSR count). The number of ether oxygens (including phenoxy) is 1. The summed E-state index contributed by atoms with van der Waals surface area (Å²) in [7, 11) is 1.67. The minimum atomic E-state index is -0.142. The molecule has 1 aliphatic rings. The molecule has 0 radical (unpaired) electrons. The van der Waals surface area contributed by atoms with E-state index in [1.165, 1.54) is 18.4 Å². The highest BCUT2D eigenvalue weighted by atomic mass is 16.5. The topological polar surface area (TPSA) is 50.4 Å². The van der Waals surface area contributed by atoms with Gasteiger partial charge in [0.2, 0.25) is 5.91 Å². The zero-order chi connectivity index (χ0) is 15.1. The highest BCUT2D eigenvalue weighted by Crippen LogP contribution is 2.17. The van der Waals surface area contributed by atoms with Crippen LogP contribution < -0.4 is 15.4 Å². The van der Waals surface area contributed by atoms with E-state index in [-0.39, 0.29) is 11.9 Å². The molecule has 1 atom stereocenters. The highest BCUT2D eigenvalue weighted by molar-refractivity contribution is 5.81. The van der Waals surface area contributed by atoms with Crippen molar-refractivity contribution in [2.24, 2.45) is 0 Å². The molecule has 0 aromatic heterocycles. The molecular weight excluding hydrogens is 264 g/mol. The Labute approximate surface area is 127 Å². The zero-order valence-electron chi connectivity index (χ0n) is 13.0. The molecule has 116 valence electrons. The molecule has 0 bridgehead atoms. The molecule has 1 fully saturated rings. The van der Waals surface area contributed by atoms with Crippen LogP contribution in [-0.2, 0) is 11.2 Å². The van der Waals surface area contributed by atoms with E-state index in [1.54, 1.807) is 7.11 Å². The van der Waals surface area contributed by atoms with Crippen molar-refractivity contribution < 1.29 is 9.53 Å². The van der Waals surface area contributed by atoms with E-state index in [0.717, 1.165) is 31.6 Å². The van der Waals surface area contributed by atoms with Gasteiger partial charge in [0, 0.05) is 6.04 Å². The summed E-state index contributed by atoms with van der Waals surface area (Å²) >= 11 is 0. The number of amides is 1. The van der Waals surface area contributed by atoms with Crippen molar-refractivity contribution in [3.8, 4) is 5.75 Å². The number of hydrogen-bond acceptors (Lipinski definition) is 3. The maximum atomic E-state index is 12.0. The molecule has 0 saturated heterocycles. The molecule has 0 spiro atoms. The van der Waals surface area contributed by atoms with E-state index in [0.29, 0.717) is 6.04 Å². The Kier molecular flexibility index (Phi) is 6.05. The number of carbonyl (C=O) groups excluding carboxylic acids is 1. The van der Waals surface area contributed by atoms with Crippen LogP contribution in [0.5, 0.6) is 5.75 Å². The first kappa shape index (κ1) is 15.8. The predicted octanol–water partition coefficient (Wildman–Crippen LogP) is 2.27. The third-order valence-corrected chi connectivity index (χ3v) is 4.09. The van der Waals surface area contributed by atoms with Crippen molar-refractivity contribution >= 4 is 5.91 Å². The molecule has 0 aliphatic heterocycles. The highest BCUT2D eigenvalue weighted by Gasteiger charge is 2.20. The van der Waals surface area contributed by atoms with Gasteiger partial charge in [-0.15, -0.1) is 0 Å². The van der Waals surface area contributed by atoms with Crippen molar-refractivity contribution in [2.75, 3.05) is 13.7 Å². The molecule has 2 N–H and O–H groups in total. The SMILES string of the molecule is COc1cccc(CCNC(C)C(=O)NC2CCCC2)c1. The van der Waals surface area contributed by atoms with Crippen LogP contribution in [0, 0.1) is 0 Å². The van der Waals surface area contributed by atoms with Crippen LogP contribution in [-0.4, -0.2) is 31.6 Å². The third kappa shape index (κ3) is 5.05. The molecule has 1 aromatic carbocycles. The van der Waals surface area contributed by atoms with Gasteiger partial charge in [-0.1, -0.05) is 25.0 Å². The van der Waals surface area contributed by atoms with Gasteiger partial charge in [0.05, 0.1) is 13.2 Å². The Hall–Kier alpha value is -1.55. The Morgan fingerprint density at radius 3 is 2.86 bits per heavy atom. The number of rotatable bonds is 7. The van der Waals surface area contributed by atoms with Crippen molar-refractivity contribution in [2.45, 2.75) is 51.1 Å². The summed E-state index contributed by atoms with van der Waals surface area (Å²) in [4.78, 5) is 12.0. The molecule has 1 aromatic rings. The average Bonchev–Trinajstić information content (AvgIpc) is 3.00. The van der Waals surface area contributed by atoms with E-state index >= 15 is 0 Å². The zero-order valence-corrected chi connectivity index (χ0v) is 13.0. The smallest absolute Gasteiger partial charge is 0.237 e. The van der Waals surface area contributed by atoms with E-state index in [1.807, 2.05) is 25.1 Å². The Morgan fingerprint density at radius 2 is 2.14 bits per heavy atom. The lowest BCUT2D eigenvalue weighted by Crippen LogP contribution is -2.46. The van der Waals surface area contributed by atoms with E-state index in [9.17, 15) is 4.79 Å². The molecule has 1 aliphatic carbocycles. The second kappa shape index (κ2) is 8.03.